The Morgan fingerprint density at radius 3 is 1.41 bits per heavy atom. The molecule has 13 atom stereocenters. The number of hydrogen-bond acceptors (Lipinski definition) is 18. The van der Waals surface area contributed by atoms with E-state index in [0.29, 0.717) is 0 Å². The van der Waals surface area contributed by atoms with Crippen molar-refractivity contribution >= 4 is 18.5 Å². The number of aliphatic hydroxyl groups excluding tert-OH is 14. The van der Waals surface area contributed by atoms with Gasteiger partial charge in [0.25, 0.3) is 0 Å². The number of carbonyl (C=O) groups excluding carboxylic acids is 3. The molecule has 0 aromatic carbocycles. The number of amides is 1. The van der Waals surface area contributed by atoms with Crippen LogP contribution in [0.1, 0.15) is 6.92 Å². The van der Waals surface area contributed by atoms with Crippen molar-refractivity contribution in [1.82, 2.24) is 5.32 Å². The Labute approximate surface area is 221 Å². The summed E-state index contributed by atoms with van der Waals surface area (Å²) >= 11 is 0. The van der Waals surface area contributed by atoms with E-state index in [1.165, 1.54) is 6.92 Å². The van der Waals surface area contributed by atoms with Crippen molar-refractivity contribution in [2.45, 2.75) is 86.4 Å². The Bertz CT molecular complexity index is 655. The molecule has 1 rings (SSSR count). The predicted molar refractivity (Wildman–Crippen MR) is 122 cm³/mol. The lowest BCUT2D eigenvalue weighted by Crippen LogP contribution is -2.63. The van der Waals surface area contributed by atoms with Gasteiger partial charge in [-0.15, -0.1) is 0 Å². The molecule has 1 saturated heterocycles. The van der Waals surface area contributed by atoms with Crippen molar-refractivity contribution in [1.29, 1.82) is 0 Å². The van der Waals surface area contributed by atoms with Gasteiger partial charge >= 0.3 is 0 Å². The molecular weight excluding hydrogens is 542 g/mol. The average molecular weight is 582 g/mol. The van der Waals surface area contributed by atoms with Crippen LogP contribution in [0.25, 0.3) is 0 Å². The second kappa shape index (κ2) is 20.1. The van der Waals surface area contributed by atoms with Crippen molar-refractivity contribution in [3.8, 4) is 0 Å². The summed E-state index contributed by atoms with van der Waals surface area (Å²) in [6.07, 6.45) is -18.9. The van der Waals surface area contributed by atoms with Crippen LogP contribution < -0.4 is 5.32 Å². The first-order chi connectivity index (χ1) is 18.0. The molecule has 1 fully saturated rings. The quantitative estimate of drug-likeness (QED) is 0.0950. The molecule has 0 spiro atoms. The van der Waals surface area contributed by atoms with Crippen LogP contribution in [-0.2, 0) is 19.1 Å². The lowest BCUT2D eigenvalue weighted by Gasteiger charge is -2.40. The number of nitrogens with one attached hydrogen (secondary N) is 1. The third kappa shape index (κ3) is 13.4. The third-order valence-corrected chi connectivity index (χ3v) is 5.11. The van der Waals surface area contributed by atoms with Crippen LogP contribution in [0, 0.1) is 0 Å². The van der Waals surface area contributed by atoms with Crippen LogP contribution in [0.4, 0.5) is 0 Å². The van der Waals surface area contributed by atoms with Crippen molar-refractivity contribution in [2.24, 2.45) is 0 Å². The van der Waals surface area contributed by atoms with Gasteiger partial charge in [0.05, 0.1) is 19.8 Å². The highest BCUT2D eigenvalue weighted by atomic mass is 16.6. The molecule has 0 aromatic rings. The van der Waals surface area contributed by atoms with Gasteiger partial charge in [0, 0.05) is 6.92 Å². The van der Waals surface area contributed by atoms with Gasteiger partial charge in [-0.1, -0.05) is 0 Å². The van der Waals surface area contributed by atoms with Crippen LogP contribution in [0.15, 0.2) is 0 Å². The second-order valence-corrected chi connectivity index (χ2v) is 8.17. The Morgan fingerprint density at radius 1 is 0.744 bits per heavy atom. The number of carbonyl (C=O) groups is 3. The van der Waals surface area contributed by atoms with E-state index in [4.69, 9.17) is 60.9 Å². The third-order valence-electron chi connectivity index (χ3n) is 5.11. The number of aldehydes is 2. The summed E-state index contributed by atoms with van der Waals surface area (Å²) in [6, 6.07) is -1.10. The molecule has 0 aromatic heterocycles. The highest BCUT2D eigenvalue weighted by molar-refractivity contribution is 5.73. The molecule has 232 valence electrons. The second-order valence-electron chi connectivity index (χ2n) is 8.17. The van der Waals surface area contributed by atoms with Gasteiger partial charge in [-0.05, 0) is 0 Å². The van der Waals surface area contributed by atoms with Gasteiger partial charge in [-0.25, -0.2) is 0 Å². The first kappa shape index (κ1) is 39.4. The van der Waals surface area contributed by atoms with Crippen LogP contribution in [0.3, 0.4) is 0 Å². The maximum absolute atomic E-state index is 10.7. The smallest absolute Gasteiger partial charge is 0.217 e. The van der Waals surface area contributed by atoms with Crippen LogP contribution in [-0.4, -0.2) is 189 Å². The highest BCUT2D eigenvalue weighted by Gasteiger charge is 2.43. The molecule has 0 radical (unpaired) electrons. The minimum atomic E-state index is -1.79. The molecule has 19 heteroatoms. The summed E-state index contributed by atoms with van der Waals surface area (Å²) in [6.45, 7) is -0.834. The molecular formula is C20H39NO18. The van der Waals surface area contributed by atoms with Gasteiger partial charge < -0.3 is 91.1 Å². The van der Waals surface area contributed by atoms with Crippen molar-refractivity contribution < 1.29 is 90.6 Å². The zero-order chi connectivity index (χ0) is 31.0. The lowest BCUT2D eigenvalue weighted by molar-refractivity contribution is -0.253. The molecule has 15 N–H and O–H groups in total. The summed E-state index contributed by atoms with van der Waals surface area (Å²) in [5.41, 5.74) is 0. The fraction of sp³-hybridized carbons (Fsp3) is 0.850. The minimum Gasteiger partial charge on any atom is -0.394 e. The molecule has 1 unspecified atom stereocenters. The fourth-order valence-electron chi connectivity index (χ4n) is 2.72. The van der Waals surface area contributed by atoms with E-state index in [0.717, 1.165) is 0 Å². The Hall–Kier alpha value is -1.79. The van der Waals surface area contributed by atoms with Crippen molar-refractivity contribution in [2.75, 3.05) is 19.8 Å². The number of rotatable bonds is 12. The van der Waals surface area contributed by atoms with Crippen LogP contribution in [0.5, 0.6) is 0 Å². The standard InChI is InChI=1S/C8H15NO6.2C6H12O6/c1-3(11)9-5-7(13)6(12)4(2-10)15-8(5)14;2*7-1-3(9)5(11)6(12)4(10)2-8/h4-8,10,12-14H,2H2,1H3,(H,9,11);2*1,3-6,8-12H,2H2/t4-,5-,6+,7-,8?;3-,4+,5+,6+;3-,4+,5+,6-/m100/s1. The van der Waals surface area contributed by atoms with Crippen molar-refractivity contribution in [3.05, 3.63) is 0 Å². The van der Waals surface area contributed by atoms with Gasteiger partial charge in [-0.3, -0.25) is 4.79 Å². The molecule has 0 aliphatic carbocycles. The molecule has 39 heavy (non-hydrogen) atoms. The first-order valence-electron chi connectivity index (χ1n) is 11.2. The van der Waals surface area contributed by atoms with Crippen molar-refractivity contribution in [3.63, 3.8) is 0 Å². The monoisotopic (exact) mass is 581 g/mol. The van der Waals surface area contributed by atoms with E-state index < -0.39 is 105 Å². The zero-order valence-electron chi connectivity index (χ0n) is 20.7. The number of hydrogen-bond donors (Lipinski definition) is 15. The summed E-state index contributed by atoms with van der Waals surface area (Å²) in [7, 11) is 0. The lowest BCUT2D eigenvalue weighted by atomic mass is 9.97. The summed E-state index contributed by atoms with van der Waals surface area (Å²) in [5.74, 6) is -0.462. The Kier molecular flexibility index (Phi) is 20.3. The van der Waals surface area contributed by atoms with Crippen LogP contribution in [0.2, 0.25) is 0 Å². The maximum atomic E-state index is 10.7. The van der Waals surface area contributed by atoms with Gasteiger partial charge in [0.15, 0.2) is 18.9 Å². The van der Waals surface area contributed by atoms with E-state index in [1.807, 2.05) is 0 Å². The minimum absolute atomic E-state index is 0.0258. The van der Waals surface area contributed by atoms with E-state index in [2.05, 4.69) is 5.32 Å². The fourth-order valence-corrected chi connectivity index (χ4v) is 2.72. The SMILES string of the molecule is CC(=O)N[C@H]1C(O)O[C@H](CO)[C@H](O)[C@@H]1O.O=C[C@H](O)[C@@H](O)[C@@H](O)[C@H](O)CO.O=C[C@H](O)[C@@H](O)[C@H](O)[C@H](O)CO. The van der Waals surface area contributed by atoms with E-state index in [1.54, 1.807) is 0 Å². The normalized spacial score (nSPS) is 28.8. The van der Waals surface area contributed by atoms with E-state index >= 15 is 0 Å². The highest BCUT2D eigenvalue weighted by Crippen LogP contribution is 2.19. The van der Waals surface area contributed by atoms with E-state index in [9.17, 15) is 29.7 Å². The van der Waals surface area contributed by atoms with Gasteiger partial charge in [-0.2, -0.15) is 0 Å². The molecule has 1 heterocycles. The molecule has 1 amide bonds. The predicted octanol–water partition coefficient (Wildman–Crippen LogP) is -9.84. The summed E-state index contributed by atoms with van der Waals surface area (Å²) in [5, 5.41) is 126. The topological polar surface area (TPSA) is 356 Å². The number of aliphatic hydroxyl groups is 14. The van der Waals surface area contributed by atoms with Gasteiger partial charge in [0.2, 0.25) is 5.91 Å². The largest absolute Gasteiger partial charge is 0.394 e. The average Bonchev–Trinajstić information content (AvgIpc) is 2.93. The van der Waals surface area contributed by atoms with E-state index in [-0.39, 0.29) is 12.6 Å². The zero-order valence-corrected chi connectivity index (χ0v) is 20.7. The maximum Gasteiger partial charge on any atom is 0.217 e. The van der Waals surface area contributed by atoms with Gasteiger partial charge in [0.1, 0.15) is 73.2 Å². The molecule has 0 bridgehead atoms. The molecule has 19 nitrogen and oxygen atoms in total. The molecule has 0 saturated carbocycles. The summed E-state index contributed by atoms with van der Waals surface area (Å²) in [4.78, 5) is 30.5. The number of ether oxygens (including phenoxy) is 1. The Morgan fingerprint density at radius 2 is 1.13 bits per heavy atom. The molecule has 1 aliphatic heterocycles. The molecule has 1 aliphatic rings. The summed E-state index contributed by atoms with van der Waals surface area (Å²) < 4.78 is 4.81. The Balaban J connectivity index is 0. The van der Waals surface area contributed by atoms with Crippen LogP contribution >= 0.6 is 0 Å². The first-order valence-corrected chi connectivity index (χ1v) is 11.2.